The molecule has 146 valence electrons. The number of hydrogen-bond donors (Lipinski definition) is 1. The van der Waals surface area contributed by atoms with Crippen molar-refractivity contribution in [2.24, 2.45) is 0 Å². The Morgan fingerprint density at radius 3 is 2.14 bits per heavy atom. The molecule has 0 spiro atoms. The molecule has 7 nitrogen and oxygen atoms in total. The normalized spacial score (nSPS) is 13.9. The molecule has 28 heavy (non-hydrogen) atoms. The summed E-state index contributed by atoms with van der Waals surface area (Å²) in [6.07, 6.45) is 0. The average molecular weight is 382 g/mol. The highest BCUT2D eigenvalue weighted by Crippen LogP contribution is 2.21. The Morgan fingerprint density at radius 2 is 1.50 bits per heavy atom. The molecule has 1 heterocycles. The van der Waals surface area contributed by atoms with Gasteiger partial charge in [-0.1, -0.05) is 18.2 Å². The van der Waals surface area contributed by atoms with Gasteiger partial charge in [0.15, 0.2) is 0 Å². The van der Waals surface area contributed by atoms with E-state index in [2.05, 4.69) is 0 Å². The number of carboxylic acids is 1. The van der Waals surface area contributed by atoms with Crippen molar-refractivity contribution in [2.75, 3.05) is 32.8 Å². The van der Waals surface area contributed by atoms with Gasteiger partial charge in [0.2, 0.25) is 0 Å². The highest BCUT2D eigenvalue weighted by atomic mass is 16.5. The van der Waals surface area contributed by atoms with Crippen LogP contribution in [-0.4, -0.2) is 65.5 Å². The molecule has 1 aliphatic heterocycles. The van der Waals surface area contributed by atoms with Crippen molar-refractivity contribution < 1.29 is 24.2 Å². The fourth-order valence-corrected chi connectivity index (χ4v) is 3.18. The van der Waals surface area contributed by atoms with Crippen LogP contribution >= 0.6 is 0 Å². The van der Waals surface area contributed by atoms with Crippen LogP contribution in [0.2, 0.25) is 0 Å². The van der Waals surface area contributed by atoms with Gasteiger partial charge in [-0.15, -0.1) is 0 Å². The minimum Gasteiger partial charge on any atom is -0.493 e. The van der Waals surface area contributed by atoms with E-state index >= 15 is 0 Å². The molecule has 0 aliphatic carbocycles. The van der Waals surface area contributed by atoms with Crippen LogP contribution in [0.15, 0.2) is 48.5 Å². The lowest BCUT2D eigenvalue weighted by atomic mass is 10.1. The summed E-state index contributed by atoms with van der Waals surface area (Å²) in [6.45, 7) is 3.93. The number of nitrogens with zero attached hydrogens (tertiary/aromatic N) is 2. The van der Waals surface area contributed by atoms with Crippen molar-refractivity contribution in [3.8, 4) is 5.75 Å². The van der Waals surface area contributed by atoms with Gasteiger partial charge in [-0.2, -0.15) is 0 Å². The third kappa shape index (κ3) is 4.14. The third-order valence-electron chi connectivity index (χ3n) is 4.63. The molecule has 0 radical (unpaired) electrons. The van der Waals surface area contributed by atoms with Gasteiger partial charge in [0.1, 0.15) is 5.75 Å². The predicted octanol–water partition coefficient (Wildman–Crippen LogP) is 2.38. The highest BCUT2D eigenvalue weighted by molar-refractivity contribution is 5.98. The summed E-state index contributed by atoms with van der Waals surface area (Å²) in [5, 5.41) is 9.09. The fourth-order valence-electron chi connectivity index (χ4n) is 3.18. The van der Waals surface area contributed by atoms with Crippen LogP contribution in [0.1, 0.15) is 38.0 Å². The van der Waals surface area contributed by atoms with Gasteiger partial charge >= 0.3 is 5.97 Å². The number of benzene rings is 2. The van der Waals surface area contributed by atoms with Crippen molar-refractivity contribution in [3.05, 3.63) is 65.2 Å². The van der Waals surface area contributed by atoms with Gasteiger partial charge in [-0.05, 0) is 37.3 Å². The molecular formula is C21H22N2O5. The minimum atomic E-state index is -1.07. The second-order valence-electron chi connectivity index (χ2n) is 6.40. The smallest absolute Gasteiger partial charge is 0.335 e. The molecule has 0 aromatic heterocycles. The van der Waals surface area contributed by atoms with E-state index < -0.39 is 5.97 Å². The zero-order valence-corrected chi connectivity index (χ0v) is 15.6. The van der Waals surface area contributed by atoms with E-state index in [9.17, 15) is 14.4 Å². The molecular weight excluding hydrogens is 360 g/mol. The van der Waals surface area contributed by atoms with E-state index in [1.165, 1.54) is 12.1 Å². The van der Waals surface area contributed by atoms with Crippen molar-refractivity contribution in [2.45, 2.75) is 6.92 Å². The van der Waals surface area contributed by atoms with Crippen LogP contribution in [0.3, 0.4) is 0 Å². The fraction of sp³-hybridized carbons (Fsp3) is 0.286. The largest absolute Gasteiger partial charge is 0.493 e. The second-order valence-corrected chi connectivity index (χ2v) is 6.40. The molecule has 0 unspecified atom stereocenters. The number of hydrogen-bond acceptors (Lipinski definition) is 4. The summed E-state index contributed by atoms with van der Waals surface area (Å²) in [7, 11) is 0. The number of ether oxygens (including phenoxy) is 1. The Labute approximate surface area is 163 Å². The maximum atomic E-state index is 12.8. The second kappa shape index (κ2) is 8.56. The summed E-state index contributed by atoms with van der Waals surface area (Å²) in [4.78, 5) is 39.9. The number of amides is 2. The predicted molar refractivity (Wildman–Crippen MR) is 103 cm³/mol. The Bertz CT molecular complexity index is 888. The number of aromatic carboxylic acids is 1. The maximum absolute atomic E-state index is 12.8. The SMILES string of the molecule is CCOc1ccccc1C(=O)N1CCN(C(=O)c2cccc(C(=O)O)c2)CC1. The van der Waals surface area contributed by atoms with Crippen LogP contribution in [0.4, 0.5) is 0 Å². The Hall–Kier alpha value is -3.35. The quantitative estimate of drug-likeness (QED) is 0.858. The van der Waals surface area contributed by atoms with Gasteiger partial charge in [-0.25, -0.2) is 4.79 Å². The van der Waals surface area contributed by atoms with Crippen LogP contribution in [0.5, 0.6) is 5.75 Å². The number of carbonyl (C=O) groups is 3. The summed E-state index contributed by atoms with van der Waals surface area (Å²) in [6, 6.07) is 13.1. The Balaban J connectivity index is 1.66. The first-order valence-corrected chi connectivity index (χ1v) is 9.15. The summed E-state index contributed by atoms with van der Waals surface area (Å²) in [5.74, 6) is -0.869. The van der Waals surface area contributed by atoms with E-state index in [1.54, 1.807) is 40.1 Å². The molecule has 1 saturated heterocycles. The summed E-state index contributed by atoms with van der Waals surface area (Å²) >= 11 is 0. The summed E-state index contributed by atoms with van der Waals surface area (Å²) < 4.78 is 5.54. The Kier molecular flexibility index (Phi) is 5.93. The maximum Gasteiger partial charge on any atom is 0.335 e. The first-order valence-electron chi connectivity index (χ1n) is 9.15. The first-order chi connectivity index (χ1) is 13.5. The lowest BCUT2D eigenvalue weighted by molar-refractivity contribution is 0.0533. The average Bonchev–Trinajstić information content (AvgIpc) is 2.73. The topological polar surface area (TPSA) is 87.2 Å². The number of piperazine rings is 1. The number of para-hydroxylation sites is 1. The lowest BCUT2D eigenvalue weighted by Gasteiger charge is -2.35. The van der Waals surface area contributed by atoms with Crippen LogP contribution in [0, 0.1) is 0 Å². The van der Waals surface area contributed by atoms with E-state index in [4.69, 9.17) is 9.84 Å². The van der Waals surface area contributed by atoms with Crippen LogP contribution < -0.4 is 4.74 Å². The molecule has 7 heteroatoms. The van der Waals surface area contributed by atoms with E-state index in [-0.39, 0.29) is 17.4 Å². The standard InChI is InChI=1S/C21H22N2O5/c1-2-28-18-9-4-3-8-17(18)20(25)23-12-10-22(11-13-23)19(24)15-6-5-7-16(14-15)21(26)27/h3-9,14H,2,10-13H2,1H3,(H,26,27). The van der Waals surface area contributed by atoms with Gasteiger partial charge in [0.25, 0.3) is 11.8 Å². The van der Waals surface area contributed by atoms with Gasteiger partial charge < -0.3 is 19.6 Å². The summed E-state index contributed by atoms with van der Waals surface area (Å²) in [5.41, 5.74) is 0.923. The van der Waals surface area contributed by atoms with Gasteiger partial charge in [0.05, 0.1) is 17.7 Å². The molecule has 0 atom stereocenters. The highest BCUT2D eigenvalue weighted by Gasteiger charge is 2.27. The van der Waals surface area contributed by atoms with Crippen molar-refractivity contribution in [1.29, 1.82) is 0 Å². The van der Waals surface area contributed by atoms with E-state index in [1.807, 2.05) is 13.0 Å². The van der Waals surface area contributed by atoms with Crippen molar-refractivity contribution in [1.82, 2.24) is 9.80 Å². The molecule has 1 aliphatic rings. The minimum absolute atomic E-state index is 0.0761. The van der Waals surface area contributed by atoms with E-state index in [0.717, 1.165) is 0 Å². The molecule has 3 rings (SSSR count). The molecule has 0 bridgehead atoms. The van der Waals surface area contributed by atoms with E-state index in [0.29, 0.717) is 49.7 Å². The number of carboxylic acid groups (broad SMARTS) is 1. The van der Waals surface area contributed by atoms with Crippen molar-refractivity contribution in [3.63, 3.8) is 0 Å². The lowest BCUT2D eigenvalue weighted by Crippen LogP contribution is -2.50. The molecule has 2 amide bonds. The number of rotatable bonds is 5. The van der Waals surface area contributed by atoms with Gasteiger partial charge in [0, 0.05) is 31.7 Å². The monoisotopic (exact) mass is 382 g/mol. The molecule has 2 aromatic rings. The zero-order valence-electron chi connectivity index (χ0n) is 15.6. The zero-order chi connectivity index (χ0) is 20.1. The molecule has 1 N–H and O–H groups in total. The van der Waals surface area contributed by atoms with Crippen molar-refractivity contribution >= 4 is 17.8 Å². The number of carbonyl (C=O) groups excluding carboxylic acids is 2. The Morgan fingerprint density at radius 1 is 0.893 bits per heavy atom. The molecule has 0 saturated carbocycles. The van der Waals surface area contributed by atoms with Crippen LogP contribution in [0.25, 0.3) is 0 Å². The van der Waals surface area contributed by atoms with Crippen LogP contribution in [-0.2, 0) is 0 Å². The molecule has 1 fully saturated rings. The molecule has 2 aromatic carbocycles. The third-order valence-corrected chi connectivity index (χ3v) is 4.63. The first kappa shape index (κ1) is 19.4. The van der Waals surface area contributed by atoms with Gasteiger partial charge in [-0.3, -0.25) is 9.59 Å².